The van der Waals surface area contributed by atoms with Crippen molar-refractivity contribution >= 4 is 59.6 Å². The van der Waals surface area contributed by atoms with Crippen molar-refractivity contribution in [3.05, 3.63) is 0 Å². The van der Waals surface area contributed by atoms with Gasteiger partial charge in [0.25, 0.3) is 11.8 Å². The van der Waals surface area contributed by atoms with Gasteiger partial charge in [-0.25, -0.2) is 4.99 Å². The van der Waals surface area contributed by atoms with E-state index in [4.69, 9.17) is 9.94 Å². The zero-order chi connectivity index (χ0) is 37.1. The summed E-state index contributed by atoms with van der Waals surface area (Å²) in [7, 11) is 0. The Kier molecular flexibility index (Phi) is 14.3. The smallest absolute Gasteiger partial charge is 0.305 e. The lowest BCUT2D eigenvalue weighted by molar-refractivity contribution is -0.146. The lowest BCUT2D eigenvalue weighted by atomic mass is 10.1. The van der Waals surface area contributed by atoms with Crippen LogP contribution in [0.1, 0.15) is 64.7 Å². The summed E-state index contributed by atoms with van der Waals surface area (Å²) in [6.07, 6.45) is -3.86. The number of carboxylic acids is 3. The quantitative estimate of drug-likeness (QED) is 0.107. The van der Waals surface area contributed by atoms with Crippen molar-refractivity contribution in [2.45, 2.75) is 107 Å². The minimum atomic E-state index is -1.76. The third-order valence-corrected chi connectivity index (χ3v) is 8.09. The van der Waals surface area contributed by atoms with Crippen LogP contribution in [-0.2, 0) is 48.0 Å². The zero-order valence-corrected chi connectivity index (χ0v) is 27.1. The summed E-state index contributed by atoms with van der Waals surface area (Å²) in [5.41, 5.74) is 0. The predicted molar refractivity (Wildman–Crippen MR) is 164 cm³/mol. The molecule has 0 spiro atoms. The van der Waals surface area contributed by atoms with Gasteiger partial charge in [-0.2, -0.15) is 5.06 Å². The van der Waals surface area contributed by atoms with E-state index in [1.807, 2.05) is 0 Å². The molecular formula is C29H41N7O14. The average Bonchev–Trinajstić information content (AvgIpc) is 3.62. The summed E-state index contributed by atoms with van der Waals surface area (Å²) < 4.78 is 0. The highest BCUT2D eigenvalue weighted by molar-refractivity contribution is 6.28. The summed E-state index contributed by atoms with van der Waals surface area (Å²) in [6.45, 7) is 1.26. The maximum absolute atomic E-state index is 13.5. The lowest BCUT2D eigenvalue weighted by Gasteiger charge is -2.29. The Morgan fingerprint density at radius 1 is 0.880 bits per heavy atom. The van der Waals surface area contributed by atoms with E-state index >= 15 is 0 Å². The molecule has 0 aromatic carbocycles. The Morgan fingerprint density at radius 3 is 2.20 bits per heavy atom. The highest BCUT2D eigenvalue weighted by Gasteiger charge is 2.44. The molecule has 0 aromatic heterocycles. The molecule has 8 N–H and O–H groups in total. The number of carbonyl (C=O) groups excluding carboxylic acids is 6. The molecular weight excluding hydrogens is 670 g/mol. The first-order valence-corrected chi connectivity index (χ1v) is 15.9. The fraction of sp³-hybridized carbons (Fsp3) is 0.655. The topological polar surface area (TPSA) is 314 Å². The molecule has 1 unspecified atom stereocenters. The number of amides is 6. The maximum atomic E-state index is 13.5. The van der Waals surface area contributed by atoms with Crippen LogP contribution in [0.15, 0.2) is 4.99 Å². The summed E-state index contributed by atoms with van der Waals surface area (Å²) >= 11 is 0. The van der Waals surface area contributed by atoms with Crippen molar-refractivity contribution in [2.24, 2.45) is 4.99 Å². The molecule has 8 atom stereocenters. The standard InChI is InChI=1S/C29H41N7O14/c1-14(37)24-27(48)30-13-20(39)31-16(7-9-22(42)43)29-36(50-29)11-3-5-19(38)32-17(12-23(44)45)28(49)35-10-2-4-18(35)26(47)33-15(25(46)34-24)6-8-21(40)41/h13-18,24,29,37H,2-12H2,1H3,(H,31,39)(H,32,38)(H,33,47)(H,34,46)(H,40,41)(H,42,43)(H,44,45)/t14-,15+,16+,17+,18+,24+,29+,36?/m1/s1. The Balaban J connectivity index is 1.92. The Bertz CT molecular complexity index is 1390. The van der Waals surface area contributed by atoms with E-state index in [2.05, 4.69) is 26.3 Å². The highest BCUT2D eigenvalue weighted by Crippen LogP contribution is 2.27. The summed E-state index contributed by atoms with van der Waals surface area (Å²) in [4.78, 5) is 123. The van der Waals surface area contributed by atoms with E-state index in [0.29, 0.717) is 12.6 Å². The van der Waals surface area contributed by atoms with Gasteiger partial charge in [-0.15, -0.1) is 0 Å². The number of hydrogen-bond acceptors (Lipinski definition) is 12. The number of rotatable bonds is 9. The first kappa shape index (κ1) is 39.4. The SMILES string of the molecule is C[C@@H](O)[C@@H]1NC(=O)[C@H](CCC(=O)O)NC(=O)[C@@H]2CCCN2C(=O)[C@H](CC(=O)O)NC(=O)CCCN2O[C@H]2[C@H](CCC(=O)O)NC(=O)C=NC1=O. The van der Waals surface area contributed by atoms with Gasteiger partial charge in [0.2, 0.25) is 23.6 Å². The van der Waals surface area contributed by atoms with Crippen LogP contribution in [0.2, 0.25) is 0 Å². The second kappa shape index (κ2) is 18.1. The number of aliphatic imine (C=N–C) groups is 1. The van der Waals surface area contributed by atoms with E-state index in [1.165, 1.54) is 5.06 Å². The van der Waals surface area contributed by atoms with Crippen molar-refractivity contribution in [3.8, 4) is 0 Å². The van der Waals surface area contributed by atoms with Crippen LogP contribution in [-0.4, -0.2) is 146 Å². The molecule has 3 aliphatic heterocycles. The zero-order valence-electron chi connectivity index (χ0n) is 27.1. The van der Waals surface area contributed by atoms with Crippen molar-refractivity contribution in [1.29, 1.82) is 0 Å². The van der Waals surface area contributed by atoms with E-state index in [0.717, 1.165) is 11.8 Å². The first-order chi connectivity index (χ1) is 23.6. The molecule has 2 saturated heterocycles. The monoisotopic (exact) mass is 711 g/mol. The van der Waals surface area contributed by atoms with Crippen LogP contribution < -0.4 is 21.3 Å². The highest BCUT2D eigenvalue weighted by atomic mass is 16.8. The van der Waals surface area contributed by atoms with Gasteiger partial charge in [-0.3, -0.25) is 48.0 Å². The van der Waals surface area contributed by atoms with Crippen LogP contribution >= 0.6 is 0 Å². The molecule has 2 fully saturated rings. The number of aliphatic hydroxyl groups excluding tert-OH is 1. The van der Waals surface area contributed by atoms with E-state index < -0.39 is 115 Å². The van der Waals surface area contributed by atoms with Crippen molar-refractivity contribution in [3.63, 3.8) is 0 Å². The maximum Gasteiger partial charge on any atom is 0.305 e. The van der Waals surface area contributed by atoms with Crippen LogP contribution in [0, 0.1) is 0 Å². The number of fused-ring (bicyclic) bond motifs is 2. The first-order valence-electron chi connectivity index (χ1n) is 15.9. The molecule has 0 saturated carbocycles. The number of carbonyl (C=O) groups is 9. The van der Waals surface area contributed by atoms with Crippen LogP contribution in [0.3, 0.4) is 0 Å². The molecule has 0 aliphatic carbocycles. The molecule has 276 valence electrons. The van der Waals surface area contributed by atoms with Crippen LogP contribution in [0.25, 0.3) is 0 Å². The van der Waals surface area contributed by atoms with Gasteiger partial charge in [0.1, 0.15) is 24.2 Å². The molecule has 3 heterocycles. The number of aliphatic carboxylic acids is 3. The van der Waals surface area contributed by atoms with Gasteiger partial charge < -0.3 is 46.6 Å². The van der Waals surface area contributed by atoms with Gasteiger partial charge in [0.05, 0.1) is 24.8 Å². The molecule has 6 amide bonds. The molecule has 50 heavy (non-hydrogen) atoms. The van der Waals surface area contributed by atoms with E-state index in [9.17, 15) is 58.5 Å². The number of aliphatic hydroxyl groups is 1. The van der Waals surface area contributed by atoms with Gasteiger partial charge in [-0.05, 0) is 39.0 Å². The van der Waals surface area contributed by atoms with Crippen molar-refractivity contribution in [1.82, 2.24) is 31.2 Å². The number of hydroxylamine groups is 2. The molecule has 3 aliphatic rings. The summed E-state index contributed by atoms with van der Waals surface area (Å²) in [5.74, 6) is -9.57. The number of carboxylic acid groups (broad SMARTS) is 3. The van der Waals surface area contributed by atoms with Crippen molar-refractivity contribution < 1.29 is 68.4 Å². The number of nitrogens with one attached hydrogen (secondary N) is 4. The largest absolute Gasteiger partial charge is 0.481 e. The lowest BCUT2D eigenvalue weighted by Crippen LogP contribution is -2.58. The molecule has 0 radical (unpaired) electrons. The third-order valence-electron chi connectivity index (χ3n) is 8.09. The Hall–Kier alpha value is -5.02. The predicted octanol–water partition coefficient (Wildman–Crippen LogP) is -3.53. The normalized spacial score (nSPS) is 29.4. The minimum absolute atomic E-state index is 0.00892. The van der Waals surface area contributed by atoms with E-state index in [-0.39, 0.29) is 45.2 Å². The molecule has 3 rings (SSSR count). The number of nitrogens with zero attached hydrogens (tertiary/aromatic N) is 3. The summed E-state index contributed by atoms with van der Waals surface area (Å²) in [6, 6.07) is -7.04. The molecule has 0 bridgehead atoms. The Labute approximate surface area is 284 Å². The third kappa shape index (κ3) is 11.8. The fourth-order valence-electron chi connectivity index (χ4n) is 5.54. The van der Waals surface area contributed by atoms with Gasteiger partial charge >= 0.3 is 17.9 Å². The average molecular weight is 712 g/mol. The van der Waals surface area contributed by atoms with Crippen LogP contribution in [0.5, 0.6) is 0 Å². The van der Waals surface area contributed by atoms with E-state index in [1.54, 1.807) is 0 Å². The number of hydrogen-bond donors (Lipinski definition) is 8. The van der Waals surface area contributed by atoms with Crippen molar-refractivity contribution in [2.75, 3.05) is 13.1 Å². The van der Waals surface area contributed by atoms with Crippen LogP contribution in [0.4, 0.5) is 0 Å². The van der Waals surface area contributed by atoms with Gasteiger partial charge in [0, 0.05) is 32.4 Å². The minimum Gasteiger partial charge on any atom is -0.481 e. The fourth-order valence-corrected chi connectivity index (χ4v) is 5.54. The summed E-state index contributed by atoms with van der Waals surface area (Å²) in [5, 5.41) is 48.9. The molecule has 0 aromatic rings. The van der Waals surface area contributed by atoms with Gasteiger partial charge in [-0.1, -0.05) is 0 Å². The molecule has 21 nitrogen and oxygen atoms in total. The second-order valence-corrected chi connectivity index (χ2v) is 12.0. The molecule has 21 heteroatoms. The van der Waals surface area contributed by atoms with Gasteiger partial charge in [0.15, 0.2) is 6.23 Å². The Morgan fingerprint density at radius 2 is 1.56 bits per heavy atom. The second-order valence-electron chi connectivity index (χ2n) is 12.0.